The molecular formula is C19H16ClN3O2. The number of rotatable bonds is 5. The van der Waals surface area contributed by atoms with Crippen LogP contribution in [0, 0.1) is 0 Å². The molecule has 0 bridgehead atoms. The Labute approximate surface area is 149 Å². The topological polar surface area (TPSA) is 85.1 Å². The molecule has 0 fully saturated rings. The number of carbonyl (C=O) groups is 2. The van der Waals surface area contributed by atoms with Crippen molar-refractivity contribution in [2.75, 3.05) is 0 Å². The molecule has 0 saturated heterocycles. The summed E-state index contributed by atoms with van der Waals surface area (Å²) in [6.45, 7) is 0. The monoisotopic (exact) mass is 353 g/mol. The van der Waals surface area contributed by atoms with Gasteiger partial charge in [-0.25, -0.2) is 4.98 Å². The maximum Gasteiger partial charge on any atom is 0.270 e. The molecule has 5 nitrogen and oxygen atoms in total. The van der Waals surface area contributed by atoms with Crippen molar-refractivity contribution in [2.45, 2.75) is 12.5 Å². The third-order valence-electron chi connectivity index (χ3n) is 3.81. The highest BCUT2D eigenvalue weighted by Gasteiger charge is 2.20. The molecule has 3 N–H and O–H groups in total. The summed E-state index contributed by atoms with van der Waals surface area (Å²) in [7, 11) is 0. The number of para-hydroxylation sites is 1. The van der Waals surface area contributed by atoms with Crippen molar-refractivity contribution in [3.8, 4) is 0 Å². The molecular weight excluding hydrogens is 338 g/mol. The van der Waals surface area contributed by atoms with Crippen molar-refractivity contribution in [1.82, 2.24) is 10.3 Å². The third kappa shape index (κ3) is 4.14. The van der Waals surface area contributed by atoms with Crippen molar-refractivity contribution < 1.29 is 9.59 Å². The zero-order valence-corrected chi connectivity index (χ0v) is 14.0. The number of nitrogens with zero attached hydrogens (tertiary/aromatic N) is 1. The fourth-order valence-electron chi connectivity index (χ4n) is 2.55. The van der Waals surface area contributed by atoms with E-state index in [1.54, 1.807) is 24.3 Å². The fraction of sp³-hybridized carbons (Fsp3) is 0.105. The van der Waals surface area contributed by atoms with Crippen molar-refractivity contribution in [2.24, 2.45) is 5.73 Å². The van der Waals surface area contributed by atoms with Gasteiger partial charge in [-0.05, 0) is 29.8 Å². The number of nitrogens with one attached hydrogen (secondary N) is 1. The van der Waals surface area contributed by atoms with Gasteiger partial charge in [0.1, 0.15) is 11.7 Å². The molecule has 25 heavy (non-hydrogen) atoms. The minimum atomic E-state index is -0.848. The van der Waals surface area contributed by atoms with Crippen LogP contribution in [0.4, 0.5) is 0 Å². The van der Waals surface area contributed by atoms with E-state index in [4.69, 9.17) is 17.3 Å². The van der Waals surface area contributed by atoms with Crippen LogP contribution in [0.5, 0.6) is 0 Å². The van der Waals surface area contributed by atoms with Gasteiger partial charge in [-0.3, -0.25) is 9.59 Å². The Bertz CT molecular complexity index is 943. The highest BCUT2D eigenvalue weighted by Crippen LogP contribution is 2.14. The molecule has 6 heteroatoms. The van der Waals surface area contributed by atoms with Crippen LogP contribution in [0.1, 0.15) is 16.1 Å². The van der Waals surface area contributed by atoms with E-state index in [0.717, 1.165) is 10.9 Å². The average molecular weight is 354 g/mol. The molecule has 0 radical (unpaired) electrons. The molecule has 0 unspecified atom stereocenters. The molecule has 3 rings (SSSR count). The van der Waals surface area contributed by atoms with E-state index in [1.807, 2.05) is 36.4 Å². The van der Waals surface area contributed by atoms with Gasteiger partial charge in [0.2, 0.25) is 5.91 Å². The number of primary amides is 1. The van der Waals surface area contributed by atoms with Crippen molar-refractivity contribution in [3.63, 3.8) is 0 Å². The van der Waals surface area contributed by atoms with Gasteiger partial charge < -0.3 is 11.1 Å². The van der Waals surface area contributed by atoms with Gasteiger partial charge in [0.15, 0.2) is 0 Å². The van der Waals surface area contributed by atoms with E-state index in [0.29, 0.717) is 10.5 Å². The Hall–Kier alpha value is -2.92. The highest BCUT2D eigenvalue weighted by atomic mass is 35.5. The normalized spacial score (nSPS) is 11.9. The van der Waals surface area contributed by atoms with Crippen LogP contribution in [-0.2, 0) is 11.2 Å². The van der Waals surface area contributed by atoms with Crippen LogP contribution >= 0.6 is 11.6 Å². The number of pyridine rings is 1. The summed E-state index contributed by atoms with van der Waals surface area (Å²) in [6, 6.07) is 17.1. The van der Waals surface area contributed by atoms with Gasteiger partial charge in [0.25, 0.3) is 5.91 Å². The van der Waals surface area contributed by atoms with E-state index >= 15 is 0 Å². The van der Waals surface area contributed by atoms with E-state index in [1.165, 1.54) is 0 Å². The molecule has 2 aromatic carbocycles. The van der Waals surface area contributed by atoms with Crippen LogP contribution in [0.25, 0.3) is 10.9 Å². The third-order valence-corrected chi connectivity index (χ3v) is 4.04. The lowest BCUT2D eigenvalue weighted by molar-refractivity contribution is -0.119. The van der Waals surface area contributed by atoms with Crippen LogP contribution < -0.4 is 11.1 Å². The first-order chi connectivity index (χ1) is 12.0. The minimum Gasteiger partial charge on any atom is -0.368 e. The van der Waals surface area contributed by atoms with Crippen molar-refractivity contribution in [3.05, 3.63) is 76.9 Å². The quantitative estimate of drug-likeness (QED) is 0.739. The molecule has 1 atom stereocenters. The van der Waals surface area contributed by atoms with E-state index in [2.05, 4.69) is 10.3 Å². The first-order valence-corrected chi connectivity index (χ1v) is 8.11. The number of carbonyl (C=O) groups excluding carboxylic acids is 2. The van der Waals surface area contributed by atoms with Gasteiger partial charge in [-0.2, -0.15) is 0 Å². The Kier molecular flexibility index (Phi) is 4.95. The predicted octanol–water partition coefficient (Wildman–Crippen LogP) is 2.71. The number of benzene rings is 2. The Morgan fingerprint density at radius 2 is 1.88 bits per heavy atom. The van der Waals surface area contributed by atoms with E-state index < -0.39 is 17.9 Å². The number of hydrogen-bond donors (Lipinski definition) is 2. The van der Waals surface area contributed by atoms with Crippen molar-refractivity contribution >= 4 is 34.3 Å². The summed E-state index contributed by atoms with van der Waals surface area (Å²) in [6.07, 6.45) is 0.259. The van der Waals surface area contributed by atoms with Gasteiger partial charge >= 0.3 is 0 Å². The predicted molar refractivity (Wildman–Crippen MR) is 97.3 cm³/mol. The largest absolute Gasteiger partial charge is 0.368 e. The van der Waals surface area contributed by atoms with Crippen LogP contribution in [0.15, 0.2) is 60.7 Å². The second kappa shape index (κ2) is 7.32. The molecule has 0 aliphatic rings. The van der Waals surface area contributed by atoms with Crippen molar-refractivity contribution in [1.29, 1.82) is 0 Å². The zero-order valence-electron chi connectivity index (χ0n) is 13.3. The summed E-state index contributed by atoms with van der Waals surface area (Å²) in [5.41, 5.74) is 7.18. The summed E-state index contributed by atoms with van der Waals surface area (Å²) in [4.78, 5) is 28.5. The fourth-order valence-corrected chi connectivity index (χ4v) is 2.76. The number of hydrogen-bond acceptors (Lipinski definition) is 3. The standard InChI is InChI=1S/C19H16ClN3O2/c20-14-6-3-4-12(10-14)11-17(18(21)24)23-19(25)16-9-8-13-5-1-2-7-15(13)22-16/h1-10,17H,11H2,(H2,21,24)(H,23,25)/t17-/m0/s1. The second-order valence-corrected chi connectivity index (χ2v) is 6.09. The molecule has 1 aromatic heterocycles. The van der Waals surface area contributed by atoms with Crippen LogP contribution in [-0.4, -0.2) is 22.8 Å². The smallest absolute Gasteiger partial charge is 0.270 e. The summed E-state index contributed by atoms with van der Waals surface area (Å²) in [5, 5.41) is 4.14. The Morgan fingerprint density at radius 3 is 2.64 bits per heavy atom. The summed E-state index contributed by atoms with van der Waals surface area (Å²) in [5.74, 6) is -1.06. The average Bonchev–Trinajstić information content (AvgIpc) is 2.60. The number of nitrogens with two attached hydrogens (primary N) is 1. The number of fused-ring (bicyclic) bond motifs is 1. The molecule has 0 aliphatic heterocycles. The van der Waals surface area contributed by atoms with E-state index in [9.17, 15) is 9.59 Å². The summed E-state index contributed by atoms with van der Waals surface area (Å²) < 4.78 is 0. The molecule has 2 amide bonds. The summed E-state index contributed by atoms with van der Waals surface area (Å²) >= 11 is 5.95. The number of aromatic nitrogens is 1. The Morgan fingerprint density at radius 1 is 1.08 bits per heavy atom. The second-order valence-electron chi connectivity index (χ2n) is 5.65. The first kappa shape index (κ1) is 16.9. The van der Waals surface area contributed by atoms with Gasteiger partial charge in [-0.1, -0.05) is 48.0 Å². The molecule has 0 saturated carbocycles. The molecule has 1 heterocycles. The van der Waals surface area contributed by atoms with Gasteiger partial charge in [-0.15, -0.1) is 0 Å². The lowest BCUT2D eigenvalue weighted by Gasteiger charge is -2.15. The SMILES string of the molecule is NC(=O)[C@H](Cc1cccc(Cl)c1)NC(=O)c1ccc2ccccc2n1. The minimum absolute atomic E-state index is 0.232. The Balaban J connectivity index is 1.78. The lowest BCUT2D eigenvalue weighted by Crippen LogP contribution is -2.46. The van der Waals surface area contributed by atoms with Gasteiger partial charge in [0, 0.05) is 16.8 Å². The maximum absolute atomic E-state index is 12.5. The molecule has 0 spiro atoms. The van der Waals surface area contributed by atoms with Crippen LogP contribution in [0.2, 0.25) is 5.02 Å². The first-order valence-electron chi connectivity index (χ1n) is 7.73. The van der Waals surface area contributed by atoms with E-state index in [-0.39, 0.29) is 12.1 Å². The van der Waals surface area contributed by atoms with Crippen LogP contribution in [0.3, 0.4) is 0 Å². The highest BCUT2D eigenvalue weighted by molar-refractivity contribution is 6.30. The molecule has 126 valence electrons. The lowest BCUT2D eigenvalue weighted by atomic mass is 10.1. The maximum atomic E-state index is 12.5. The zero-order chi connectivity index (χ0) is 17.8. The van der Waals surface area contributed by atoms with Gasteiger partial charge in [0.05, 0.1) is 5.52 Å². The molecule has 3 aromatic rings. The molecule has 0 aliphatic carbocycles. The number of amides is 2. The number of halogens is 1.